The number of nitrogens with zero attached hydrogens (tertiary/aromatic N) is 6. The second-order valence-corrected chi connectivity index (χ2v) is 10.6. The standard InChI is InChI=1S/C30H33FN6O3/c1-6-40-30(39)25-15-32-37(28(25)24-14-23(24)26-17-36(5)34-33-26)20-10-7-9-19(13-20)21-11-8-12-22(27(21)31)29(38)35(4)16-18(2)3/h7-13,15,17-18,23-24H,6,14,16H2,1-5H3/t23-,24-/m1/s1. The lowest BCUT2D eigenvalue weighted by atomic mass is 10.0. The molecule has 0 unspecified atom stereocenters. The van der Waals surface area contributed by atoms with Gasteiger partial charge in [-0.2, -0.15) is 5.10 Å². The fourth-order valence-electron chi connectivity index (χ4n) is 5.21. The third-order valence-corrected chi connectivity index (χ3v) is 7.06. The summed E-state index contributed by atoms with van der Waals surface area (Å²) in [4.78, 5) is 27.4. The largest absolute Gasteiger partial charge is 0.462 e. The highest BCUT2D eigenvalue weighted by Crippen LogP contribution is 2.55. The molecule has 2 aromatic heterocycles. The van der Waals surface area contributed by atoms with E-state index in [9.17, 15) is 9.59 Å². The lowest BCUT2D eigenvalue weighted by Crippen LogP contribution is -2.31. The predicted molar refractivity (Wildman–Crippen MR) is 148 cm³/mol. The van der Waals surface area contributed by atoms with Crippen LogP contribution >= 0.6 is 0 Å². The van der Waals surface area contributed by atoms with E-state index >= 15 is 4.39 Å². The molecular weight excluding hydrogens is 511 g/mol. The fraction of sp³-hybridized carbons (Fsp3) is 0.367. The van der Waals surface area contributed by atoms with E-state index in [1.807, 2.05) is 45.3 Å². The van der Waals surface area contributed by atoms with Gasteiger partial charge in [0.05, 0.1) is 35.4 Å². The van der Waals surface area contributed by atoms with Crippen molar-refractivity contribution < 1.29 is 18.7 Å². The van der Waals surface area contributed by atoms with Gasteiger partial charge >= 0.3 is 5.97 Å². The number of aromatic nitrogens is 5. The number of aryl methyl sites for hydroxylation is 1. The first-order valence-corrected chi connectivity index (χ1v) is 13.5. The molecule has 4 aromatic rings. The van der Waals surface area contributed by atoms with E-state index in [0.29, 0.717) is 28.9 Å². The quantitative estimate of drug-likeness (QED) is 0.276. The van der Waals surface area contributed by atoms with Gasteiger partial charge in [-0.3, -0.25) is 9.48 Å². The number of esters is 1. The van der Waals surface area contributed by atoms with Crippen molar-refractivity contribution >= 4 is 11.9 Å². The van der Waals surface area contributed by atoms with Gasteiger partial charge < -0.3 is 9.64 Å². The molecule has 0 aliphatic heterocycles. The van der Waals surface area contributed by atoms with E-state index in [1.54, 1.807) is 46.4 Å². The zero-order chi connectivity index (χ0) is 28.6. The third kappa shape index (κ3) is 5.25. The molecule has 2 aromatic carbocycles. The Labute approximate surface area is 232 Å². The van der Waals surface area contributed by atoms with Crippen molar-refractivity contribution in [2.45, 2.75) is 39.0 Å². The van der Waals surface area contributed by atoms with Crippen molar-refractivity contribution in [1.29, 1.82) is 0 Å². The zero-order valence-electron chi connectivity index (χ0n) is 23.3. The van der Waals surface area contributed by atoms with E-state index in [2.05, 4.69) is 15.4 Å². The Morgan fingerprint density at radius 2 is 1.93 bits per heavy atom. The molecule has 0 spiro atoms. The first-order chi connectivity index (χ1) is 19.2. The van der Waals surface area contributed by atoms with Gasteiger partial charge in [0.15, 0.2) is 0 Å². The van der Waals surface area contributed by atoms with Crippen molar-refractivity contribution in [2.75, 3.05) is 20.2 Å². The van der Waals surface area contributed by atoms with Crippen molar-refractivity contribution in [1.82, 2.24) is 29.7 Å². The summed E-state index contributed by atoms with van der Waals surface area (Å²) in [5, 5.41) is 12.9. The van der Waals surface area contributed by atoms with Gasteiger partial charge in [0.1, 0.15) is 11.4 Å². The van der Waals surface area contributed by atoms with Crippen LogP contribution in [0.1, 0.15) is 71.1 Å². The molecule has 1 aliphatic rings. The summed E-state index contributed by atoms with van der Waals surface area (Å²) in [6.45, 7) is 6.56. The SMILES string of the molecule is CCOC(=O)c1cnn(-c2cccc(-c3cccc(C(=O)N(C)CC(C)C)c3F)c2)c1[C@@H]1C[C@H]1c1cn(C)nn1. The Balaban J connectivity index is 1.52. The summed E-state index contributed by atoms with van der Waals surface area (Å²) in [7, 11) is 3.50. The molecule has 10 heteroatoms. The van der Waals surface area contributed by atoms with E-state index < -0.39 is 11.8 Å². The smallest absolute Gasteiger partial charge is 0.341 e. The van der Waals surface area contributed by atoms with Crippen LogP contribution in [0.3, 0.4) is 0 Å². The highest BCUT2D eigenvalue weighted by atomic mass is 19.1. The van der Waals surface area contributed by atoms with Gasteiger partial charge in [-0.15, -0.1) is 5.10 Å². The molecule has 1 aliphatic carbocycles. The third-order valence-electron chi connectivity index (χ3n) is 7.06. The maximum Gasteiger partial charge on any atom is 0.341 e. The molecule has 208 valence electrons. The minimum absolute atomic E-state index is 0.00329. The molecule has 1 fully saturated rings. The van der Waals surface area contributed by atoms with E-state index in [-0.39, 0.29) is 35.8 Å². The number of carbonyl (C=O) groups is 2. The maximum absolute atomic E-state index is 15.7. The van der Waals surface area contributed by atoms with Crippen LogP contribution < -0.4 is 0 Å². The molecule has 9 nitrogen and oxygen atoms in total. The Hall–Kier alpha value is -4.34. The van der Waals surface area contributed by atoms with Crippen LogP contribution in [0.4, 0.5) is 4.39 Å². The lowest BCUT2D eigenvalue weighted by Gasteiger charge is -2.20. The second kappa shape index (κ2) is 11.0. The number of ether oxygens (including phenoxy) is 1. The predicted octanol–water partition coefficient (Wildman–Crippen LogP) is 4.98. The average Bonchev–Trinajstić information content (AvgIpc) is 3.37. The minimum atomic E-state index is -0.571. The summed E-state index contributed by atoms with van der Waals surface area (Å²) in [6.07, 6.45) is 4.20. The summed E-state index contributed by atoms with van der Waals surface area (Å²) in [5.41, 5.74) is 3.59. The monoisotopic (exact) mass is 544 g/mol. The Morgan fingerprint density at radius 1 is 1.15 bits per heavy atom. The van der Waals surface area contributed by atoms with Crippen molar-refractivity contribution in [3.05, 3.63) is 83.2 Å². The molecule has 2 heterocycles. The van der Waals surface area contributed by atoms with Crippen LogP contribution in [-0.4, -0.2) is 61.8 Å². The molecule has 0 saturated heterocycles. The molecule has 1 saturated carbocycles. The summed E-state index contributed by atoms with van der Waals surface area (Å²) >= 11 is 0. The van der Waals surface area contributed by atoms with Gasteiger partial charge in [-0.05, 0) is 43.0 Å². The van der Waals surface area contributed by atoms with Gasteiger partial charge in [-0.25, -0.2) is 13.9 Å². The normalized spacial score (nSPS) is 16.3. The van der Waals surface area contributed by atoms with Gasteiger partial charge in [0.25, 0.3) is 5.91 Å². The maximum atomic E-state index is 15.7. The summed E-state index contributed by atoms with van der Waals surface area (Å²) in [6, 6.07) is 12.1. The van der Waals surface area contributed by atoms with E-state index in [0.717, 1.165) is 17.8 Å². The van der Waals surface area contributed by atoms with Crippen LogP contribution in [0.2, 0.25) is 0 Å². The van der Waals surface area contributed by atoms with Crippen LogP contribution in [0.15, 0.2) is 54.9 Å². The second-order valence-electron chi connectivity index (χ2n) is 10.6. The fourth-order valence-corrected chi connectivity index (χ4v) is 5.21. The van der Waals surface area contributed by atoms with Crippen molar-refractivity contribution in [3.63, 3.8) is 0 Å². The molecule has 2 atom stereocenters. The summed E-state index contributed by atoms with van der Waals surface area (Å²) < 4.78 is 24.4. The van der Waals surface area contributed by atoms with Gasteiger partial charge in [-0.1, -0.05) is 43.3 Å². The van der Waals surface area contributed by atoms with Crippen molar-refractivity contribution in [3.8, 4) is 16.8 Å². The highest BCUT2D eigenvalue weighted by Gasteiger charge is 2.46. The average molecular weight is 545 g/mol. The molecule has 5 rings (SSSR count). The first kappa shape index (κ1) is 27.2. The Kier molecular flexibility index (Phi) is 7.51. The van der Waals surface area contributed by atoms with Crippen LogP contribution in [0.5, 0.6) is 0 Å². The molecule has 0 N–H and O–H groups in total. The lowest BCUT2D eigenvalue weighted by molar-refractivity contribution is 0.0524. The van der Waals surface area contributed by atoms with E-state index in [4.69, 9.17) is 4.74 Å². The summed E-state index contributed by atoms with van der Waals surface area (Å²) in [5.74, 6) is -1.01. The molecule has 1 amide bonds. The zero-order valence-corrected chi connectivity index (χ0v) is 23.3. The van der Waals surface area contributed by atoms with E-state index in [1.165, 1.54) is 12.3 Å². The number of amides is 1. The number of rotatable bonds is 9. The van der Waals surface area contributed by atoms with Crippen LogP contribution in [0.25, 0.3) is 16.8 Å². The van der Waals surface area contributed by atoms with Gasteiger partial charge in [0, 0.05) is 44.2 Å². The number of hydrogen-bond donors (Lipinski definition) is 0. The highest BCUT2D eigenvalue weighted by molar-refractivity contribution is 5.96. The number of carbonyl (C=O) groups excluding carboxylic acids is 2. The molecule has 0 bridgehead atoms. The number of benzene rings is 2. The van der Waals surface area contributed by atoms with Crippen molar-refractivity contribution in [2.24, 2.45) is 13.0 Å². The van der Waals surface area contributed by atoms with Crippen LogP contribution in [0, 0.1) is 11.7 Å². The molecular formula is C30H33FN6O3. The molecule has 0 radical (unpaired) electrons. The Morgan fingerprint density at radius 3 is 2.62 bits per heavy atom. The molecule has 40 heavy (non-hydrogen) atoms. The topological polar surface area (TPSA) is 95.1 Å². The number of hydrogen-bond acceptors (Lipinski definition) is 6. The van der Waals surface area contributed by atoms with Crippen LogP contribution in [-0.2, 0) is 11.8 Å². The number of halogens is 1. The Bertz CT molecular complexity index is 1560. The first-order valence-electron chi connectivity index (χ1n) is 13.5. The minimum Gasteiger partial charge on any atom is -0.462 e. The van der Waals surface area contributed by atoms with Gasteiger partial charge in [0.2, 0.25) is 0 Å².